The van der Waals surface area contributed by atoms with Crippen LogP contribution in [-0.4, -0.2) is 19.0 Å². The van der Waals surface area contributed by atoms with Crippen molar-refractivity contribution >= 4 is 11.6 Å². The van der Waals surface area contributed by atoms with Gasteiger partial charge in [-0.2, -0.15) is 0 Å². The summed E-state index contributed by atoms with van der Waals surface area (Å²) in [4.78, 5) is 12.1. The number of para-hydroxylation sites is 1. The van der Waals surface area contributed by atoms with E-state index in [4.69, 9.17) is 0 Å². The zero-order chi connectivity index (χ0) is 15.2. The lowest BCUT2D eigenvalue weighted by Gasteiger charge is -2.18. The molecule has 2 N–H and O–H groups in total. The summed E-state index contributed by atoms with van der Waals surface area (Å²) in [6, 6.07) is 4.57. The number of amides is 1. The highest BCUT2D eigenvalue weighted by Crippen LogP contribution is 2.21. The van der Waals surface area contributed by atoms with Gasteiger partial charge in [-0.15, -0.1) is 0 Å². The molecular formula is C16H25FN2O. The summed E-state index contributed by atoms with van der Waals surface area (Å²) in [6.07, 6.45) is 1.76. The van der Waals surface area contributed by atoms with Gasteiger partial charge in [-0.25, -0.2) is 4.39 Å². The summed E-state index contributed by atoms with van der Waals surface area (Å²) in [6.45, 7) is 9.59. The van der Waals surface area contributed by atoms with Crippen LogP contribution in [0.3, 0.4) is 0 Å². The molecule has 0 saturated carbocycles. The van der Waals surface area contributed by atoms with Crippen molar-refractivity contribution in [1.29, 1.82) is 0 Å². The lowest BCUT2D eigenvalue weighted by atomic mass is 9.92. The fraction of sp³-hybridized carbons (Fsp3) is 0.562. The van der Waals surface area contributed by atoms with Crippen molar-refractivity contribution in [1.82, 2.24) is 5.32 Å². The Hall–Kier alpha value is -1.58. The predicted octanol–water partition coefficient (Wildman–Crippen LogP) is 3.81. The summed E-state index contributed by atoms with van der Waals surface area (Å²) in [5.41, 5.74) is 0.827. The van der Waals surface area contributed by atoms with Gasteiger partial charge < -0.3 is 10.6 Å². The first-order chi connectivity index (χ1) is 9.35. The molecule has 3 nitrogen and oxygen atoms in total. The van der Waals surface area contributed by atoms with Gasteiger partial charge >= 0.3 is 0 Å². The van der Waals surface area contributed by atoms with E-state index in [2.05, 4.69) is 31.4 Å². The van der Waals surface area contributed by atoms with Crippen LogP contribution in [0.15, 0.2) is 18.2 Å². The Morgan fingerprint density at radius 1 is 1.25 bits per heavy atom. The Labute approximate surface area is 121 Å². The molecule has 1 rings (SSSR count). The summed E-state index contributed by atoms with van der Waals surface area (Å²) < 4.78 is 13.8. The van der Waals surface area contributed by atoms with E-state index in [1.807, 2.05) is 6.92 Å². The third-order valence-corrected chi connectivity index (χ3v) is 2.97. The maximum Gasteiger partial charge on any atom is 0.253 e. The summed E-state index contributed by atoms with van der Waals surface area (Å²) in [7, 11) is 0. The molecule has 0 bridgehead atoms. The molecule has 4 heteroatoms. The minimum absolute atomic E-state index is 0.165. The van der Waals surface area contributed by atoms with Gasteiger partial charge in [0.2, 0.25) is 0 Å². The molecular weight excluding hydrogens is 255 g/mol. The average Bonchev–Trinajstić information content (AvgIpc) is 2.35. The number of carbonyl (C=O) groups is 1. The first kappa shape index (κ1) is 16.5. The minimum atomic E-state index is -0.387. The molecule has 20 heavy (non-hydrogen) atoms. The fourth-order valence-electron chi connectivity index (χ4n) is 1.79. The van der Waals surface area contributed by atoms with Crippen LogP contribution in [0, 0.1) is 11.2 Å². The van der Waals surface area contributed by atoms with E-state index in [1.54, 1.807) is 12.1 Å². The summed E-state index contributed by atoms with van der Waals surface area (Å²) in [5.74, 6) is -0.616. The maximum absolute atomic E-state index is 13.8. The zero-order valence-corrected chi connectivity index (χ0v) is 12.8. The monoisotopic (exact) mass is 280 g/mol. The molecule has 1 amide bonds. The molecule has 0 unspecified atom stereocenters. The van der Waals surface area contributed by atoms with Crippen LogP contribution in [0.25, 0.3) is 0 Å². The van der Waals surface area contributed by atoms with Crippen molar-refractivity contribution in [3.8, 4) is 0 Å². The van der Waals surface area contributed by atoms with Crippen LogP contribution in [0.2, 0.25) is 0 Å². The number of rotatable bonds is 6. The number of nitrogens with one attached hydrogen (secondary N) is 2. The number of anilines is 1. The van der Waals surface area contributed by atoms with E-state index in [0.29, 0.717) is 24.3 Å². The molecule has 0 aromatic heterocycles. The highest BCUT2D eigenvalue weighted by molar-refractivity contribution is 5.99. The van der Waals surface area contributed by atoms with Gasteiger partial charge in [-0.1, -0.05) is 33.8 Å². The van der Waals surface area contributed by atoms with Crippen LogP contribution >= 0.6 is 0 Å². The van der Waals surface area contributed by atoms with Gasteiger partial charge in [0.05, 0.1) is 11.3 Å². The van der Waals surface area contributed by atoms with Crippen molar-refractivity contribution in [2.75, 3.05) is 18.4 Å². The van der Waals surface area contributed by atoms with Crippen molar-refractivity contribution in [3.05, 3.63) is 29.6 Å². The topological polar surface area (TPSA) is 41.1 Å². The smallest absolute Gasteiger partial charge is 0.253 e. The maximum atomic E-state index is 13.8. The molecule has 0 heterocycles. The Balaban J connectivity index is 2.74. The molecule has 0 fully saturated rings. The largest absolute Gasteiger partial charge is 0.382 e. The second-order valence-electron chi connectivity index (χ2n) is 6.16. The van der Waals surface area contributed by atoms with E-state index in [1.165, 1.54) is 6.07 Å². The normalized spacial score (nSPS) is 11.2. The third kappa shape index (κ3) is 5.19. The first-order valence-electron chi connectivity index (χ1n) is 7.15. The average molecular weight is 280 g/mol. The van der Waals surface area contributed by atoms with Gasteiger partial charge in [0, 0.05) is 13.1 Å². The number of benzene rings is 1. The minimum Gasteiger partial charge on any atom is -0.382 e. The Morgan fingerprint density at radius 3 is 2.55 bits per heavy atom. The SMILES string of the molecule is CCCNc1c(F)cccc1C(=O)NCCC(C)(C)C. The van der Waals surface area contributed by atoms with Crippen molar-refractivity contribution in [3.63, 3.8) is 0 Å². The lowest BCUT2D eigenvalue weighted by Crippen LogP contribution is -2.28. The highest BCUT2D eigenvalue weighted by atomic mass is 19.1. The summed E-state index contributed by atoms with van der Waals surface area (Å²) in [5, 5.41) is 5.84. The highest BCUT2D eigenvalue weighted by Gasteiger charge is 2.16. The molecule has 0 aliphatic carbocycles. The van der Waals surface area contributed by atoms with E-state index >= 15 is 0 Å². The molecule has 0 radical (unpaired) electrons. The van der Waals surface area contributed by atoms with E-state index in [-0.39, 0.29) is 17.1 Å². The quantitative estimate of drug-likeness (QED) is 0.832. The second-order valence-corrected chi connectivity index (χ2v) is 6.16. The van der Waals surface area contributed by atoms with Crippen molar-refractivity contribution in [2.24, 2.45) is 5.41 Å². The molecule has 1 aromatic carbocycles. The van der Waals surface area contributed by atoms with Crippen LogP contribution in [0.5, 0.6) is 0 Å². The van der Waals surface area contributed by atoms with E-state index in [9.17, 15) is 9.18 Å². The molecule has 1 aromatic rings. The van der Waals surface area contributed by atoms with Crippen LogP contribution in [-0.2, 0) is 0 Å². The van der Waals surface area contributed by atoms with Crippen LogP contribution in [0.4, 0.5) is 10.1 Å². The van der Waals surface area contributed by atoms with Crippen molar-refractivity contribution in [2.45, 2.75) is 40.5 Å². The van der Waals surface area contributed by atoms with Gasteiger partial charge in [-0.3, -0.25) is 4.79 Å². The van der Waals surface area contributed by atoms with Gasteiger partial charge in [-0.05, 0) is 30.4 Å². The predicted molar refractivity (Wildman–Crippen MR) is 81.6 cm³/mol. The molecule has 0 saturated heterocycles. The van der Waals surface area contributed by atoms with Gasteiger partial charge in [0.1, 0.15) is 5.82 Å². The first-order valence-corrected chi connectivity index (χ1v) is 7.15. The Bertz CT molecular complexity index is 452. The summed E-state index contributed by atoms with van der Waals surface area (Å²) >= 11 is 0. The van der Waals surface area contributed by atoms with Crippen LogP contribution < -0.4 is 10.6 Å². The number of hydrogen-bond acceptors (Lipinski definition) is 2. The number of halogens is 1. The molecule has 0 spiro atoms. The van der Waals surface area contributed by atoms with E-state index in [0.717, 1.165) is 12.8 Å². The fourth-order valence-corrected chi connectivity index (χ4v) is 1.79. The van der Waals surface area contributed by atoms with Crippen molar-refractivity contribution < 1.29 is 9.18 Å². The molecule has 0 aliphatic heterocycles. The second kappa shape index (κ2) is 7.27. The molecule has 0 atom stereocenters. The molecule has 112 valence electrons. The van der Waals surface area contributed by atoms with Gasteiger partial charge in [0.15, 0.2) is 0 Å². The van der Waals surface area contributed by atoms with Gasteiger partial charge in [0.25, 0.3) is 5.91 Å². The third-order valence-electron chi connectivity index (χ3n) is 2.97. The molecule has 0 aliphatic rings. The van der Waals surface area contributed by atoms with Crippen LogP contribution in [0.1, 0.15) is 50.9 Å². The number of carbonyl (C=O) groups excluding carboxylic acids is 1. The Morgan fingerprint density at radius 2 is 1.95 bits per heavy atom. The zero-order valence-electron chi connectivity index (χ0n) is 12.8. The Kier molecular flexibility index (Phi) is 5.99. The number of hydrogen-bond donors (Lipinski definition) is 2. The standard InChI is InChI=1S/C16H25FN2O/c1-5-10-18-14-12(7-6-8-13(14)17)15(20)19-11-9-16(2,3)4/h6-8,18H,5,9-11H2,1-4H3,(H,19,20). The van der Waals surface area contributed by atoms with E-state index < -0.39 is 0 Å². The lowest BCUT2D eigenvalue weighted by molar-refractivity contribution is 0.0950.